The number of pyridine rings is 1. The molecular formula is C21H24F2N6O. The minimum absolute atomic E-state index is 0.309. The van der Waals surface area contributed by atoms with E-state index in [0.717, 1.165) is 57.7 Å². The van der Waals surface area contributed by atoms with Crippen molar-refractivity contribution >= 4 is 27.8 Å². The standard InChI is InChI=1S/C21H24F2N6O/c1-28-6-2-3-13(28)12-30-20-15-11-25-21(29-7-4-24-5-8-29)27-19(15)14-9-16(22)17(23)10-18(14)26-20/h9-11,13,24H,2-8,12H2,1H3. The number of piperazine rings is 1. The van der Waals surface area contributed by atoms with Crippen LogP contribution in [0.25, 0.3) is 21.8 Å². The first-order valence-electron chi connectivity index (χ1n) is 10.3. The van der Waals surface area contributed by atoms with E-state index in [-0.39, 0.29) is 0 Å². The highest BCUT2D eigenvalue weighted by molar-refractivity contribution is 6.05. The van der Waals surface area contributed by atoms with E-state index in [1.165, 1.54) is 0 Å². The van der Waals surface area contributed by atoms with Crippen LogP contribution in [0, 0.1) is 11.6 Å². The summed E-state index contributed by atoms with van der Waals surface area (Å²) in [4.78, 5) is 18.1. The van der Waals surface area contributed by atoms with Gasteiger partial charge in [-0.3, -0.25) is 0 Å². The first kappa shape index (κ1) is 19.3. The highest BCUT2D eigenvalue weighted by Gasteiger charge is 2.23. The number of nitrogens with zero attached hydrogens (tertiary/aromatic N) is 5. The van der Waals surface area contributed by atoms with Gasteiger partial charge in [-0.1, -0.05) is 0 Å². The zero-order chi connectivity index (χ0) is 20.7. The van der Waals surface area contributed by atoms with Gasteiger partial charge in [0.2, 0.25) is 11.8 Å². The Morgan fingerprint density at radius 2 is 1.90 bits per heavy atom. The summed E-state index contributed by atoms with van der Waals surface area (Å²) in [6.45, 7) is 4.79. The Kier molecular flexibility index (Phi) is 5.08. The van der Waals surface area contributed by atoms with Gasteiger partial charge >= 0.3 is 0 Å². The van der Waals surface area contributed by atoms with Crippen LogP contribution in [0.15, 0.2) is 18.3 Å². The molecule has 158 valence electrons. The maximum Gasteiger partial charge on any atom is 0.225 e. The fourth-order valence-corrected chi connectivity index (χ4v) is 4.21. The molecule has 2 fully saturated rings. The van der Waals surface area contributed by atoms with Crippen LogP contribution in [0.1, 0.15) is 12.8 Å². The largest absolute Gasteiger partial charge is 0.475 e. The van der Waals surface area contributed by atoms with Gasteiger partial charge in [0, 0.05) is 49.9 Å². The Bertz CT molecular complexity index is 1090. The van der Waals surface area contributed by atoms with E-state index in [2.05, 4.69) is 32.1 Å². The zero-order valence-corrected chi connectivity index (χ0v) is 16.9. The molecule has 2 saturated heterocycles. The van der Waals surface area contributed by atoms with Crippen LogP contribution in [0.3, 0.4) is 0 Å². The summed E-state index contributed by atoms with van der Waals surface area (Å²) in [7, 11) is 2.08. The number of aromatic nitrogens is 3. The molecule has 0 spiro atoms. The minimum atomic E-state index is -0.938. The van der Waals surface area contributed by atoms with Crippen LogP contribution in [0.2, 0.25) is 0 Å². The van der Waals surface area contributed by atoms with Gasteiger partial charge in [-0.05, 0) is 32.5 Å². The number of rotatable bonds is 4. The number of halogens is 2. The molecule has 0 aliphatic carbocycles. The van der Waals surface area contributed by atoms with E-state index in [1.807, 2.05) is 0 Å². The topological polar surface area (TPSA) is 66.4 Å². The van der Waals surface area contributed by atoms with Crippen molar-refractivity contribution in [2.45, 2.75) is 18.9 Å². The predicted molar refractivity (Wildman–Crippen MR) is 111 cm³/mol. The van der Waals surface area contributed by atoms with Crippen molar-refractivity contribution in [3.05, 3.63) is 30.0 Å². The number of likely N-dealkylation sites (N-methyl/N-ethyl adjacent to an activating group) is 1. The van der Waals surface area contributed by atoms with Crippen molar-refractivity contribution in [1.82, 2.24) is 25.2 Å². The molecule has 0 saturated carbocycles. The van der Waals surface area contributed by atoms with E-state index in [1.54, 1.807) is 6.20 Å². The molecule has 2 aliphatic rings. The van der Waals surface area contributed by atoms with Crippen LogP contribution >= 0.6 is 0 Å². The normalized spacial score (nSPS) is 20.4. The van der Waals surface area contributed by atoms with E-state index in [0.29, 0.717) is 46.3 Å². The highest BCUT2D eigenvalue weighted by atomic mass is 19.2. The van der Waals surface area contributed by atoms with E-state index in [4.69, 9.17) is 9.72 Å². The van der Waals surface area contributed by atoms with Crippen LogP contribution in [-0.4, -0.2) is 72.3 Å². The summed E-state index contributed by atoms with van der Waals surface area (Å²) in [6, 6.07) is 2.57. The summed E-state index contributed by atoms with van der Waals surface area (Å²) in [5.74, 6) is -0.931. The fraction of sp³-hybridized carbons (Fsp3) is 0.476. The second-order valence-electron chi connectivity index (χ2n) is 7.96. The lowest BCUT2D eigenvalue weighted by atomic mass is 10.1. The molecule has 2 aromatic heterocycles. The Morgan fingerprint density at radius 1 is 1.10 bits per heavy atom. The van der Waals surface area contributed by atoms with Crippen molar-refractivity contribution in [2.75, 3.05) is 51.3 Å². The molecule has 5 rings (SSSR count). The number of anilines is 1. The molecule has 7 nitrogen and oxygen atoms in total. The number of fused-ring (bicyclic) bond motifs is 3. The number of nitrogens with one attached hydrogen (secondary N) is 1. The molecule has 1 unspecified atom stereocenters. The van der Waals surface area contributed by atoms with E-state index >= 15 is 0 Å². The maximum atomic E-state index is 14.0. The monoisotopic (exact) mass is 414 g/mol. The predicted octanol–water partition coefficient (Wildman–Crippen LogP) is 2.34. The van der Waals surface area contributed by atoms with Gasteiger partial charge in [0.1, 0.15) is 6.61 Å². The van der Waals surface area contributed by atoms with Crippen molar-refractivity contribution in [3.63, 3.8) is 0 Å². The minimum Gasteiger partial charge on any atom is -0.475 e. The second-order valence-corrected chi connectivity index (χ2v) is 7.96. The molecular weight excluding hydrogens is 390 g/mol. The van der Waals surface area contributed by atoms with Crippen LogP contribution in [-0.2, 0) is 0 Å². The zero-order valence-electron chi connectivity index (χ0n) is 16.9. The Labute approximate surface area is 173 Å². The molecule has 3 aromatic rings. The first-order valence-corrected chi connectivity index (χ1v) is 10.3. The summed E-state index contributed by atoms with van der Waals surface area (Å²) < 4.78 is 34.0. The first-order chi connectivity index (χ1) is 14.6. The molecule has 9 heteroatoms. The molecule has 0 amide bonds. The molecule has 4 heterocycles. The fourth-order valence-electron chi connectivity index (χ4n) is 4.21. The molecule has 30 heavy (non-hydrogen) atoms. The SMILES string of the molecule is CN1CCCC1COc1nc2cc(F)c(F)cc2c2nc(N3CCNCC3)ncc12. The van der Waals surface area contributed by atoms with Gasteiger partial charge < -0.3 is 19.9 Å². The number of benzene rings is 1. The summed E-state index contributed by atoms with van der Waals surface area (Å²) in [5, 5.41) is 4.36. The van der Waals surface area contributed by atoms with Crippen molar-refractivity contribution in [1.29, 1.82) is 0 Å². The van der Waals surface area contributed by atoms with Gasteiger partial charge in [0.25, 0.3) is 0 Å². The van der Waals surface area contributed by atoms with Gasteiger partial charge in [-0.2, -0.15) is 0 Å². The van der Waals surface area contributed by atoms with Gasteiger partial charge in [0.05, 0.1) is 16.4 Å². The van der Waals surface area contributed by atoms with Crippen LogP contribution in [0.4, 0.5) is 14.7 Å². The average molecular weight is 414 g/mol. The molecule has 0 radical (unpaired) electrons. The molecule has 1 atom stereocenters. The lowest BCUT2D eigenvalue weighted by molar-refractivity contribution is 0.195. The third-order valence-electron chi connectivity index (χ3n) is 6.01. The maximum absolute atomic E-state index is 14.0. The third-order valence-corrected chi connectivity index (χ3v) is 6.01. The molecule has 1 N–H and O–H groups in total. The number of hydrogen-bond acceptors (Lipinski definition) is 7. The number of likely N-dealkylation sites (tertiary alicyclic amines) is 1. The molecule has 0 bridgehead atoms. The van der Waals surface area contributed by atoms with Crippen molar-refractivity contribution < 1.29 is 13.5 Å². The third kappa shape index (κ3) is 3.52. The van der Waals surface area contributed by atoms with E-state index in [9.17, 15) is 8.78 Å². The lowest BCUT2D eigenvalue weighted by Crippen LogP contribution is -2.44. The van der Waals surface area contributed by atoms with Crippen molar-refractivity contribution in [2.24, 2.45) is 0 Å². The Balaban J connectivity index is 1.60. The Hall–Kier alpha value is -2.65. The van der Waals surface area contributed by atoms with Crippen molar-refractivity contribution in [3.8, 4) is 5.88 Å². The molecule has 2 aliphatic heterocycles. The smallest absolute Gasteiger partial charge is 0.225 e. The lowest BCUT2D eigenvalue weighted by Gasteiger charge is -2.27. The summed E-state index contributed by atoms with van der Waals surface area (Å²) >= 11 is 0. The number of hydrogen-bond donors (Lipinski definition) is 1. The highest BCUT2D eigenvalue weighted by Crippen LogP contribution is 2.32. The van der Waals surface area contributed by atoms with Gasteiger partial charge in [-0.25, -0.2) is 23.7 Å². The van der Waals surface area contributed by atoms with Gasteiger partial charge in [0.15, 0.2) is 11.6 Å². The van der Waals surface area contributed by atoms with Crippen LogP contribution < -0.4 is 15.0 Å². The summed E-state index contributed by atoms with van der Waals surface area (Å²) in [5.41, 5.74) is 0.846. The second kappa shape index (κ2) is 7.88. The molecule has 1 aromatic carbocycles. The van der Waals surface area contributed by atoms with E-state index < -0.39 is 11.6 Å². The quantitative estimate of drug-likeness (QED) is 0.658. The Morgan fingerprint density at radius 3 is 2.67 bits per heavy atom. The average Bonchev–Trinajstić information content (AvgIpc) is 3.18. The number of ether oxygens (including phenoxy) is 1. The van der Waals surface area contributed by atoms with Crippen LogP contribution in [0.5, 0.6) is 5.88 Å². The summed E-state index contributed by atoms with van der Waals surface area (Å²) in [6.07, 6.45) is 3.88. The van der Waals surface area contributed by atoms with Gasteiger partial charge in [-0.15, -0.1) is 0 Å².